The van der Waals surface area contributed by atoms with Crippen molar-refractivity contribution in [1.82, 2.24) is 14.8 Å². The summed E-state index contributed by atoms with van der Waals surface area (Å²) in [7, 11) is 0. The van der Waals surface area contributed by atoms with Crippen LogP contribution in [-0.4, -0.2) is 20.5 Å². The summed E-state index contributed by atoms with van der Waals surface area (Å²) in [6.07, 6.45) is 0. The predicted molar refractivity (Wildman–Crippen MR) is 71.2 cm³/mol. The number of hydrogen-bond acceptors (Lipinski definition) is 3. The maximum Gasteiger partial charge on any atom is 0.218 e. The topological polar surface area (TPSA) is 47.8 Å². The minimum Gasteiger partial charge on any atom is -0.292 e. The van der Waals surface area contributed by atoms with Gasteiger partial charge in [0.05, 0.1) is 0 Å². The zero-order valence-corrected chi connectivity index (χ0v) is 12.3. The van der Waals surface area contributed by atoms with Crippen molar-refractivity contribution in [2.24, 2.45) is 0 Å². The molecule has 0 unspecified atom stereocenters. The third kappa shape index (κ3) is 3.14. The van der Waals surface area contributed by atoms with Crippen LogP contribution in [0.15, 0.2) is 33.7 Å². The lowest BCUT2D eigenvalue weighted by atomic mass is 10.1. The Bertz CT molecular complexity index is 553. The van der Waals surface area contributed by atoms with E-state index in [0.717, 1.165) is 0 Å². The monoisotopic (exact) mass is 377 g/mol. The molecule has 4 nitrogen and oxygen atoms in total. The van der Waals surface area contributed by atoms with Crippen LogP contribution in [0.25, 0.3) is 0 Å². The van der Waals surface area contributed by atoms with Crippen LogP contribution in [0.1, 0.15) is 10.4 Å². The summed E-state index contributed by atoms with van der Waals surface area (Å²) < 4.78 is 2.42. The highest BCUT2D eigenvalue weighted by Gasteiger charge is 2.11. The van der Waals surface area contributed by atoms with Crippen molar-refractivity contribution in [3.63, 3.8) is 0 Å². The third-order valence-corrected chi connectivity index (χ3v) is 3.23. The smallest absolute Gasteiger partial charge is 0.218 e. The fourth-order valence-corrected chi connectivity index (χ4v) is 2.36. The van der Waals surface area contributed by atoms with E-state index in [9.17, 15) is 4.79 Å². The van der Waals surface area contributed by atoms with Crippen LogP contribution in [0.2, 0.25) is 5.02 Å². The molecule has 0 aliphatic carbocycles. The number of hydrogen-bond donors (Lipinski definition) is 0. The van der Waals surface area contributed by atoms with Gasteiger partial charge in [0.25, 0.3) is 0 Å². The standard InChI is InChI=1S/C10H6Br2ClN3O/c11-9-14-10(12)16(15-9)5-8(17)6-1-3-7(13)4-2-6/h1-4H,5H2. The van der Waals surface area contributed by atoms with Crippen molar-refractivity contribution in [2.45, 2.75) is 6.54 Å². The molecule has 0 N–H and O–H groups in total. The second-order valence-corrected chi connectivity index (χ2v) is 5.09. The molecule has 0 bridgehead atoms. The van der Waals surface area contributed by atoms with E-state index in [1.165, 1.54) is 4.68 Å². The van der Waals surface area contributed by atoms with Gasteiger partial charge in [-0.05, 0) is 56.1 Å². The summed E-state index contributed by atoms with van der Waals surface area (Å²) in [5.74, 6) is -0.0558. The van der Waals surface area contributed by atoms with Gasteiger partial charge in [-0.1, -0.05) is 11.6 Å². The fraction of sp³-hybridized carbons (Fsp3) is 0.100. The number of Topliss-reactive ketones (excluding diaryl/α,β-unsaturated/α-hetero) is 1. The van der Waals surface area contributed by atoms with Crippen LogP contribution in [0.3, 0.4) is 0 Å². The number of rotatable bonds is 3. The summed E-state index contributed by atoms with van der Waals surface area (Å²) in [6, 6.07) is 6.73. The summed E-state index contributed by atoms with van der Waals surface area (Å²) in [6.45, 7) is 0.126. The lowest BCUT2D eigenvalue weighted by molar-refractivity contribution is 0.0966. The van der Waals surface area contributed by atoms with Crippen molar-refractivity contribution in [3.8, 4) is 0 Å². The minimum absolute atomic E-state index is 0.0558. The Morgan fingerprint density at radius 1 is 1.29 bits per heavy atom. The van der Waals surface area contributed by atoms with E-state index in [-0.39, 0.29) is 12.3 Å². The van der Waals surface area contributed by atoms with Crippen molar-refractivity contribution in [3.05, 3.63) is 44.3 Å². The van der Waals surface area contributed by atoms with Crippen molar-refractivity contribution < 1.29 is 4.79 Å². The Balaban J connectivity index is 2.17. The number of halogens is 3. The molecule has 1 aromatic heterocycles. The van der Waals surface area contributed by atoms with E-state index in [2.05, 4.69) is 41.9 Å². The normalized spacial score (nSPS) is 10.5. The molecule has 2 aromatic rings. The van der Waals surface area contributed by atoms with Gasteiger partial charge in [0.2, 0.25) is 4.73 Å². The van der Waals surface area contributed by atoms with Gasteiger partial charge in [0, 0.05) is 10.6 Å². The van der Waals surface area contributed by atoms with Crippen LogP contribution < -0.4 is 0 Å². The Morgan fingerprint density at radius 3 is 2.47 bits per heavy atom. The van der Waals surface area contributed by atoms with Gasteiger partial charge in [0.15, 0.2) is 10.5 Å². The SMILES string of the molecule is O=C(Cn1nc(Br)nc1Br)c1ccc(Cl)cc1. The zero-order chi connectivity index (χ0) is 12.4. The summed E-state index contributed by atoms with van der Waals surface area (Å²) in [5.41, 5.74) is 0.591. The van der Waals surface area contributed by atoms with Crippen LogP contribution in [0.5, 0.6) is 0 Å². The number of nitrogens with zero attached hydrogens (tertiary/aromatic N) is 3. The van der Waals surface area contributed by atoms with E-state index in [1.54, 1.807) is 24.3 Å². The molecule has 0 saturated carbocycles. The number of carbonyl (C=O) groups excluding carboxylic acids is 1. The van der Waals surface area contributed by atoms with Gasteiger partial charge in [-0.25, -0.2) is 4.68 Å². The molecule has 88 valence electrons. The van der Waals surface area contributed by atoms with E-state index in [0.29, 0.717) is 20.1 Å². The molecule has 1 aromatic carbocycles. The molecular weight excluding hydrogens is 373 g/mol. The molecule has 0 amide bonds. The quantitative estimate of drug-likeness (QED) is 0.769. The first-order chi connectivity index (χ1) is 8.06. The molecule has 0 radical (unpaired) electrons. The minimum atomic E-state index is -0.0558. The molecule has 0 saturated heterocycles. The van der Waals surface area contributed by atoms with Crippen LogP contribution in [0.4, 0.5) is 0 Å². The Kier molecular flexibility index (Phi) is 3.96. The van der Waals surface area contributed by atoms with Crippen LogP contribution in [0, 0.1) is 0 Å². The molecular formula is C10H6Br2ClN3O. The summed E-state index contributed by atoms with van der Waals surface area (Å²) in [5, 5.41) is 4.62. The Labute approximate surface area is 119 Å². The zero-order valence-electron chi connectivity index (χ0n) is 8.40. The van der Waals surface area contributed by atoms with Gasteiger partial charge < -0.3 is 0 Å². The largest absolute Gasteiger partial charge is 0.292 e. The average molecular weight is 379 g/mol. The first kappa shape index (κ1) is 12.7. The lowest BCUT2D eigenvalue weighted by Gasteiger charge is -2.02. The van der Waals surface area contributed by atoms with Gasteiger partial charge in [-0.15, -0.1) is 5.10 Å². The number of aromatic nitrogens is 3. The predicted octanol–water partition coefficient (Wildman–Crippen LogP) is 3.34. The average Bonchev–Trinajstić information content (AvgIpc) is 2.58. The maximum atomic E-state index is 11.9. The van der Waals surface area contributed by atoms with E-state index in [4.69, 9.17) is 11.6 Å². The fourth-order valence-electron chi connectivity index (χ4n) is 1.26. The molecule has 0 aliphatic heterocycles. The number of carbonyl (C=O) groups is 1. The van der Waals surface area contributed by atoms with Crippen molar-refractivity contribution in [1.29, 1.82) is 0 Å². The van der Waals surface area contributed by atoms with E-state index in [1.807, 2.05) is 0 Å². The van der Waals surface area contributed by atoms with E-state index >= 15 is 0 Å². The van der Waals surface area contributed by atoms with Gasteiger partial charge in [-0.3, -0.25) is 4.79 Å². The molecule has 1 heterocycles. The summed E-state index contributed by atoms with van der Waals surface area (Å²) >= 11 is 12.1. The van der Waals surface area contributed by atoms with Crippen LogP contribution in [-0.2, 0) is 6.54 Å². The summed E-state index contributed by atoms with van der Waals surface area (Å²) in [4.78, 5) is 15.9. The molecule has 17 heavy (non-hydrogen) atoms. The van der Waals surface area contributed by atoms with Gasteiger partial charge in [-0.2, -0.15) is 4.98 Å². The van der Waals surface area contributed by atoms with Crippen molar-refractivity contribution in [2.75, 3.05) is 0 Å². The maximum absolute atomic E-state index is 11.9. The van der Waals surface area contributed by atoms with Crippen LogP contribution >= 0.6 is 43.5 Å². The Morgan fingerprint density at radius 2 is 1.94 bits per heavy atom. The molecule has 0 fully saturated rings. The second kappa shape index (κ2) is 5.29. The highest BCUT2D eigenvalue weighted by Crippen LogP contribution is 2.14. The number of ketones is 1. The molecule has 0 spiro atoms. The highest BCUT2D eigenvalue weighted by atomic mass is 79.9. The van der Waals surface area contributed by atoms with Crippen molar-refractivity contribution >= 4 is 49.2 Å². The first-order valence-electron chi connectivity index (χ1n) is 4.61. The lowest BCUT2D eigenvalue weighted by Crippen LogP contribution is -2.11. The number of benzene rings is 1. The molecule has 2 rings (SSSR count). The highest BCUT2D eigenvalue weighted by molar-refractivity contribution is 9.11. The second-order valence-electron chi connectivity index (χ2n) is 3.24. The molecule has 0 aliphatic rings. The molecule has 7 heteroatoms. The van der Waals surface area contributed by atoms with Gasteiger partial charge >= 0.3 is 0 Å². The third-order valence-electron chi connectivity index (χ3n) is 2.06. The van der Waals surface area contributed by atoms with E-state index < -0.39 is 0 Å². The first-order valence-corrected chi connectivity index (χ1v) is 6.57. The Hall–Kier alpha value is -0.720. The van der Waals surface area contributed by atoms with Gasteiger partial charge in [0.1, 0.15) is 6.54 Å². The molecule has 0 atom stereocenters.